The van der Waals surface area contributed by atoms with Crippen molar-refractivity contribution in [3.05, 3.63) is 29.3 Å². The van der Waals surface area contributed by atoms with Crippen molar-refractivity contribution in [2.75, 3.05) is 7.11 Å². The van der Waals surface area contributed by atoms with Gasteiger partial charge in [0, 0.05) is 6.42 Å². The van der Waals surface area contributed by atoms with Crippen molar-refractivity contribution in [2.24, 2.45) is 5.92 Å². The van der Waals surface area contributed by atoms with Gasteiger partial charge in [-0.3, -0.25) is 0 Å². The number of benzene rings is 1. The molecular weight excluding hydrogens is 240 g/mol. The summed E-state index contributed by atoms with van der Waals surface area (Å²) in [6, 6.07) is 5.88. The first kappa shape index (κ1) is 16.0. The number of ether oxygens (including phenoxy) is 1. The molecule has 2 unspecified atom stereocenters. The van der Waals surface area contributed by atoms with Gasteiger partial charge in [-0.1, -0.05) is 44.4 Å². The summed E-state index contributed by atoms with van der Waals surface area (Å²) >= 11 is 0. The molecule has 108 valence electrons. The van der Waals surface area contributed by atoms with Gasteiger partial charge in [-0.2, -0.15) is 0 Å². The monoisotopic (exact) mass is 266 g/mol. The van der Waals surface area contributed by atoms with E-state index < -0.39 is 12.2 Å². The van der Waals surface area contributed by atoms with Crippen LogP contribution in [0.1, 0.15) is 37.8 Å². The van der Waals surface area contributed by atoms with Gasteiger partial charge in [0.1, 0.15) is 5.75 Å². The molecule has 2 atom stereocenters. The molecule has 0 aromatic heterocycles. The van der Waals surface area contributed by atoms with E-state index >= 15 is 0 Å². The summed E-state index contributed by atoms with van der Waals surface area (Å²) in [5.74, 6) is 0.909. The Hall–Kier alpha value is -1.06. The molecule has 0 radical (unpaired) electrons. The van der Waals surface area contributed by atoms with Crippen LogP contribution in [0.4, 0.5) is 0 Å². The van der Waals surface area contributed by atoms with Gasteiger partial charge in [0.25, 0.3) is 0 Å². The van der Waals surface area contributed by atoms with Gasteiger partial charge in [0.2, 0.25) is 0 Å². The minimum absolute atomic E-state index is 0.144. The van der Waals surface area contributed by atoms with E-state index in [1.807, 2.05) is 39.0 Å². The molecule has 0 spiro atoms. The molecule has 0 aliphatic carbocycles. The smallest absolute Gasteiger partial charge is 0.122 e. The highest BCUT2D eigenvalue weighted by Gasteiger charge is 2.24. The maximum Gasteiger partial charge on any atom is 0.122 e. The Morgan fingerprint density at radius 3 is 2.32 bits per heavy atom. The number of aliphatic hydroxyl groups is 2. The molecule has 0 bridgehead atoms. The number of aliphatic hydroxyl groups excluding tert-OH is 2. The first-order valence-corrected chi connectivity index (χ1v) is 7.03. The number of methoxy groups -OCH3 is 1. The van der Waals surface area contributed by atoms with Crippen LogP contribution in [0.2, 0.25) is 0 Å². The maximum absolute atomic E-state index is 10.2. The van der Waals surface area contributed by atoms with Crippen molar-refractivity contribution >= 4 is 0 Å². The molecule has 1 aromatic carbocycles. The number of hydrogen-bond acceptors (Lipinski definition) is 3. The maximum atomic E-state index is 10.2. The molecule has 0 aliphatic rings. The van der Waals surface area contributed by atoms with Gasteiger partial charge in [0.15, 0.2) is 0 Å². The van der Waals surface area contributed by atoms with Crippen molar-refractivity contribution in [1.82, 2.24) is 0 Å². The number of rotatable bonds is 7. The van der Waals surface area contributed by atoms with Crippen LogP contribution in [0.3, 0.4) is 0 Å². The molecule has 3 nitrogen and oxygen atoms in total. The second-order valence-corrected chi connectivity index (χ2v) is 5.15. The average Bonchev–Trinajstić information content (AvgIpc) is 2.40. The van der Waals surface area contributed by atoms with Crippen LogP contribution in [0.5, 0.6) is 5.75 Å². The fraction of sp³-hybridized carbons (Fsp3) is 0.625. The van der Waals surface area contributed by atoms with E-state index in [-0.39, 0.29) is 5.92 Å². The number of aryl methyl sites for hydroxylation is 1. The van der Waals surface area contributed by atoms with E-state index in [1.54, 1.807) is 7.11 Å². The van der Waals surface area contributed by atoms with Gasteiger partial charge >= 0.3 is 0 Å². The average molecular weight is 266 g/mol. The van der Waals surface area contributed by atoms with Crippen LogP contribution in [0.25, 0.3) is 0 Å². The third-order valence-electron chi connectivity index (χ3n) is 3.79. The van der Waals surface area contributed by atoms with E-state index in [4.69, 9.17) is 4.74 Å². The van der Waals surface area contributed by atoms with Crippen molar-refractivity contribution < 1.29 is 14.9 Å². The summed E-state index contributed by atoms with van der Waals surface area (Å²) in [6.45, 7) is 6.08. The summed E-state index contributed by atoms with van der Waals surface area (Å²) in [5, 5.41) is 20.4. The Bertz CT molecular complexity index is 386. The van der Waals surface area contributed by atoms with Crippen LogP contribution >= 0.6 is 0 Å². The van der Waals surface area contributed by atoms with E-state index in [2.05, 4.69) is 0 Å². The molecular formula is C16H26O3. The highest BCUT2D eigenvalue weighted by Crippen LogP contribution is 2.24. The molecule has 1 aromatic rings. The fourth-order valence-electron chi connectivity index (χ4n) is 2.50. The lowest BCUT2D eigenvalue weighted by Gasteiger charge is -2.25. The first-order valence-electron chi connectivity index (χ1n) is 7.03. The third kappa shape index (κ3) is 4.22. The predicted molar refractivity (Wildman–Crippen MR) is 77.5 cm³/mol. The second-order valence-electron chi connectivity index (χ2n) is 5.15. The van der Waals surface area contributed by atoms with Crippen molar-refractivity contribution in [3.63, 3.8) is 0 Å². The minimum Gasteiger partial charge on any atom is -0.496 e. The summed E-state index contributed by atoms with van der Waals surface area (Å²) in [6.07, 6.45) is 0.739. The summed E-state index contributed by atoms with van der Waals surface area (Å²) in [5.41, 5.74) is 2.07. The van der Waals surface area contributed by atoms with Gasteiger partial charge in [0.05, 0.1) is 19.3 Å². The lowest BCUT2D eigenvalue weighted by atomic mass is 9.89. The molecule has 1 rings (SSSR count). The molecule has 0 aliphatic heterocycles. The van der Waals surface area contributed by atoms with E-state index in [0.29, 0.717) is 6.42 Å². The van der Waals surface area contributed by atoms with E-state index in [9.17, 15) is 10.2 Å². The van der Waals surface area contributed by atoms with Gasteiger partial charge in [-0.05, 0) is 24.5 Å². The molecule has 0 fully saturated rings. The fourth-order valence-corrected chi connectivity index (χ4v) is 2.50. The second kappa shape index (κ2) is 7.51. The third-order valence-corrected chi connectivity index (χ3v) is 3.79. The molecule has 0 saturated heterocycles. The van der Waals surface area contributed by atoms with Crippen LogP contribution in [0.15, 0.2) is 18.2 Å². The highest BCUT2D eigenvalue weighted by atomic mass is 16.5. The summed E-state index contributed by atoms with van der Waals surface area (Å²) in [4.78, 5) is 0. The number of hydrogen-bond donors (Lipinski definition) is 2. The zero-order chi connectivity index (χ0) is 14.4. The standard InChI is InChI=1S/C16H26O3/c1-5-12(6-2)16(18)14(17)10-13-9-11(3)7-8-15(13)19-4/h7-9,12,14,16-18H,5-6,10H2,1-4H3. The van der Waals surface area contributed by atoms with Gasteiger partial charge < -0.3 is 14.9 Å². The van der Waals surface area contributed by atoms with Crippen LogP contribution in [-0.4, -0.2) is 29.5 Å². The topological polar surface area (TPSA) is 49.7 Å². The molecule has 0 amide bonds. The Morgan fingerprint density at radius 2 is 1.79 bits per heavy atom. The largest absolute Gasteiger partial charge is 0.496 e. The van der Waals surface area contributed by atoms with Crippen molar-refractivity contribution in [3.8, 4) is 5.75 Å². The van der Waals surface area contributed by atoms with Gasteiger partial charge in [-0.25, -0.2) is 0 Å². The molecule has 0 heterocycles. The lowest BCUT2D eigenvalue weighted by Crippen LogP contribution is -2.34. The Balaban J connectivity index is 2.81. The highest BCUT2D eigenvalue weighted by molar-refractivity contribution is 5.37. The normalized spacial score (nSPS) is 14.5. The molecule has 2 N–H and O–H groups in total. The lowest BCUT2D eigenvalue weighted by molar-refractivity contribution is -0.0189. The minimum atomic E-state index is -0.749. The summed E-state index contributed by atoms with van der Waals surface area (Å²) < 4.78 is 5.30. The van der Waals surface area contributed by atoms with Crippen LogP contribution in [-0.2, 0) is 6.42 Å². The Kier molecular flexibility index (Phi) is 6.32. The van der Waals surface area contributed by atoms with Crippen LogP contribution < -0.4 is 4.74 Å². The SMILES string of the molecule is CCC(CC)C(O)C(O)Cc1cc(C)ccc1OC. The Morgan fingerprint density at radius 1 is 1.16 bits per heavy atom. The van der Waals surface area contributed by atoms with Crippen molar-refractivity contribution in [1.29, 1.82) is 0 Å². The van der Waals surface area contributed by atoms with E-state index in [1.165, 1.54) is 0 Å². The molecule has 0 saturated carbocycles. The predicted octanol–water partition coefficient (Wildman–Crippen LogP) is 2.70. The zero-order valence-electron chi connectivity index (χ0n) is 12.4. The zero-order valence-corrected chi connectivity index (χ0v) is 12.4. The van der Waals surface area contributed by atoms with Crippen molar-refractivity contribution in [2.45, 2.75) is 52.2 Å². The Labute approximate surface area is 116 Å². The van der Waals surface area contributed by atoms with E-state index in [0.717, 1.165) is 29.7 Å². The van der Waals surface area contributed by atoms with Gasteiger partial charge in [-0.15, -0.1) is 0 Å². The first-order chi connectivity index (χ1) is 9.03. The quantitative estimate of drug-likeness (QED) is 0.798. The molecule has 3 heteroatoms. The summed E-state index contributed by atoms with van der Waals surface area (Å²) in [7, 11) is 1.62. The van der Waals surface area contributed by atoms with Crippen LogP contribution in [0, 0.1) is 12.8 Å². The molecule has 19 heavy (non-hydrogen) atoms.